The van der Waals surface area contributed by atoms with Crippen molar-refractivity contribution in [1.29, 1.82) is 0 Å². The molecule has 0 atom stereocenters. The third kappa shape index (κ3) is 4.34. The Morgan fingerprint density at radius 1 is 0.808 bits per heavy atom. The smallest absolute Gasteiger partial charge is 0.261 e. The highest BCUT2D eigenvalue weighted by Gasteiger charge is 2.14. The molecule has 0 aliphatic rings. The van der Waals surface area contributed by atoms with Crippen LogP contribution in [0.15, 0.2) is 77.7 Å². The maximum absolute atomic E-state index is 12.5. The number of hydrogen-bond acceptors (Lipinski definition) is 4. The molecule has 0 spiro atoms. The Labute approximate surface area is 153 Å². The number of aryl methyl sites for hydroxylation is 1. The van der Waals surface area contributed by atoms with Gasteiger partial charge in [0.15, 0.2) is 0 Å². The van der Waals surface area contributed by atoms with Crippen molar-refractivity contribution in [2.24, 2.45) is 0 Å². The molecule has 0 bridgehead atoms. The predicted molar refractivity (Wildman–Crippen MR) is 105 cm³/mol. The Kier molecular flexibility index (Phi) is 5.14. The summed E-state index contributed by atoms with van der Waals surface area (Å²) >= 11 is 0. The lowest BCUT2D eigenvalue weighted by atomic mass is 10.2. The summed E-state index contributed by atoms with van der Waals surface area (Å²) in [6, 6.07) is 21.4. The van der Waals surface area contributed by atoms with Gasteiger partial charge in [-0.2, -0.15) is 0 Å². The lowest BCUT2D eigenvalue weighted by Gasteiger charge is -2.11. The predicted octanol–water partition coefficient (Wildman–Crippen LogP) is 4.55. The molecule has 0 aliphatic heterocycles. The zero-order valence-electron chi connectivity index (χ0n) is 14.6. The van der Waals surface area contributed by atoms with Crippen molar-refractivity contribution in [1.82, 2.24) is 0 Å². The van der Waals surface area contributed by atoms with Crippen molar-refractivity contribution >= 4 is 27.1 Å². The van der Waals surface area contributed by atoms with Gasteiger partial charge in [-0.3, -0.25) is 4.72 Å². The monoisotopic (exact) mass is 368 g/mol. The summed E-state index contributed by atoms with van der Waals surface area (Å²) in [6.45, 7) is 1.86. The van der Waals surface area contributed by atoms with Gasteiger partial charge in [0, 0.05) is 17.1 Å². The van der Waals surface area contributed by atoms with Gasteiger partial charge in [0.1, 0.15) is 5.75 Å². The average Bonchev–Trinajstić information content (AvgIpc) is 2.64. The topological polar surface area (TPSA) is 67.4 Å². The highest BCUT2D eigenvalue weighted by Crippen LogP contribution is 2.23. The molecule has 0 heterocycles. The van der Waals surface area contributed by atoms with E-state index in [1.807, 2.05) is 49.4 Å². The second-order valence-electron chi connectivity index (χ2n) is 5.85. The second-order valence-corrected chi connectivity index (χ2v) is 7.54. The zero-order valence-corrected chi connectivity index (χ0v) is 15.4. The molecule has 2 N–H and O–H groups in total. The third-order valence-corrected chi connectivity index (χ3v) is 5.19. The highest BCUT2D eigenvalue weighted by molar-refractivity contribution is 7.92. The van der Waals surface area contributed by atoms with Gasteiger partial charge in [0.05, 0.1) is 12.0 Å². The number of sulfonamides is 1. The molecule has 0 unspecified atom stereocenters. The van der Waals surface area contributed by atoms with E-state index < -0.39 is 10.0 Å². The van der Waals surface area contributed by atoms with Crippen molar-refractivity contribution in [3.63, 3.8) is 0 Å². The minimum absolute atomic E-state index is 0.248. The molecule has 0 saturated heterocycles. The largest absolute Gasteiger partial charge is 0.497 e. The van der Waals surface area contributed by atoms with Crippen molar-refractivity contribution < 1.29 is 13.2 Å². The van der Waals surface area contributed by atoms with Crippen molar-refractivity contribution in [2.45, 2.75) is 11.8 Å². The first-order valence-corrected chi connectivity index (χ1v) is 9.55. The summed E-state index contributed by atoms with van der Waals surface area (Å²) in [6.07, 6.45) is 0. The van der Waals surface area contributed by atoms with Crippen molar-refractivity contribution in [3.05, 3.63) is 78.4 Å². The first kappa shape index (κ1) is 17.8. The maximum atomic E-state index is 12.5. The van der Waals surface area contributed by atoms with Gasteiger partial charge in [0.25, 0.3) is 10.0 Å². The molecule has 134 valence electrons. The molecule has 0 fully saturated rings. The first-order chi connectivity index (χ1) is 12.5. The summed E-state index contributed by atoms with van der Waals surface area (Å²) in [7, 11) is -1.98. The van der Waals surface area contributed by atoms with E-state index in [0.29, 0.717) is 5.69 Å². The molecule has 0 aliphatic carbocycles. The molecule has 26 heavy (non-hydrogen) atoms. The molecule has 3 aromatic rings. The van der Waals surface area contributed by atoms with Gasteiger partial charge in [-0.15, -0.1) is 0 Å². The molecule has 0 saturated carbocycles. The Morgan fingerprint density at radius 3 is 1.96 bits per heavy atom. The molecule has 5 nitrogen and oxygen atoms in total. The van der Waals surface area contributed by atoms with Crippen LogP contribution < -0.4 is 14.8 Å². The minimum atomic E-state index is -3.60. The van der Waals surface area contributed by atoms with Crippen LogP contribution in [0, 0.1) is 6.92 Å². The van der Waals surface area contributed by atoms with Gasteiger partial charge >= 0.3 is 0 Å². The van der Waals surface area contributed by atoms with E-state index in [1.54, 1.807) is 37.4 Å². The standard InChI is InChI=1S/C20H20N2O3S/c1-15-4-3-5-20(14-15)26(23,24)22-18-8-6-16(7-9-18)21-17-10-12-19(25-2)13-11-17/h3-14,21-22H,1-2H3. The van der Waals surface area contributed by atoms with E-state index >= 15 is 0 Å². The fourth-order valence-electron chi connectivity index (χ4n) is 2.46. The maximum Gasteiger partial charge on any atom is 0.261 e. The lowest BCUT2D eigenvalue weighted by molar-refractivity contribution is 0.415. The summed E-state index contributed by atoms with van der Waals surface area (Å²) in [5, 5.41) is 3.25. The number of methoxy groups -OCH3 is 1. The number of benzene rings is 3. The van der Waals surface area contributed by atoms with Crippen LogP contribution in [0.5, 0.6) is 5.75 Å². The van der Waals surface area contributed by atoms with E-state index in [4.69, 9.17) is 4.74 Å². The number of rotatable bonds is 6. The summed E-state index contributed by atoms with van der Waals surface area (Å²) in [5.74, 6) is 0.788. The molecule has 0 radical (unpaired) electrons. The van der Waals surface area contributed by atoms with Gasteiger partial charge in [0.2, 0.25) is 0 Å². The molecule has 0 aromatic heterocycles. The highest BCUT2D eigenvalue weighted by atomic mass is 32.2. The van der Waals surface area contributed by atoms with Crippen LogP contribution in [0.2, 0.25) is 0 Å². The van der Waals surface area contributed by atoms with E-state index in [-0.39, 0.29) is 4.90 Å². The van der Waals surface area contributed by atoms with Gasteiger partial charge in [-0.1, -0.05) is 12.1 Å². The van der Waals surface area contributed by atoms with E-state index in [0.717, 1.165) is 22.7 Å². The average molecular weight is 368 g/mol. The Balaban J connectivity index is 1.71. The van der Waals surface area contributed by atoms with Crippen molar-refractivity contribution in [3.8, 4) is 5.75 Å². The minimum Gasteiger partial charge on any atom is -0.497 e. The van der Waals surface area contributed by atoms with E-state index in [9.17, 15) is 8.42 Å². The van der Waals surface area contributed by atoms with E-state index in [2.05, 4.69) is 10.0 Å². The van der Waals surface area contributed by atoms with Crippen LogP contribution in [0.4, 0.5) is 17.1 Å². The first-order valence-electron chi connectivity index (χ1n) is 8.07. The zero-order chi connectivity index (χ0) is 18.6. The molecular weight excluding hydrogens is 348 g/mol. The van der Waals surface area contributed by atoms with E-state index in [1.165, 1.54) is 0 Å². The molecule has 6 heteroatoms. The summed E-state index contributed by atoms with van der Waals surface area (Å²) in [5.41, 5.74) is 3.17. The quantitative estimate of drug-likeness (QED) is 0.670. The second kappa shape index (κ2) is 7.49. The lowest BCUT2D eigenvalue weighted by Crippen LogP contribution is -2.13. The van der Waals surface area contributed by atoms with Crippen LogP contribution in [0.25, 0.3) is 0 Å². The Morgan fingerprint density at radius 2 is 1.38 bits per heavy atom. The number of anilines is 3. The number of hydrogen-bond donors (Lipinski definition) is 2. The fraction of sp³-hybridized carbons (Fsp3) is 0.100. The molecule has 0 amide bonds. The van der Waals surface area contributed by atoms with Gasteiger partial charge < -0.3 is 10.1 Å². The molecule has 3 rings (SSSR count). The normalized spacial score (nSPS) is 11.0. The number of ether oxygens (including phenoxy) is 1. The van der Waals surface area contributed by atoms with Crippen LogP contribution in [-0.4, -0.2) is 15.5 Å². The van der Waals surface area contributed by atoms with Gasteiger partial charge in [-0.05, 0) is 73.2 Å². The third-order valence-electron chi connectivity index (χ3n) is 3.82. The number of nitrogens with one attached hydrogen (secondary N) is 2. The molecular formula is C20H20N2O3S. The van der Waals surface area contributed by atoms with Crippen LogP contribution in [0.1, 0.15) is 5.56 Å². The van der Waals surface area contributed by atoms with Gasteiger partial charge in [-0.25, -0.2) is 8.42 Å². The summed E-state index contributed by atoms with van der Waals surface area (Å²) < 4.78 is 32.6. The van der Waals surface area contributed by atoms with Crippen LogP contribution in [0.3, 0.4) is 0 Å². The Hall–Kier alpha value is -2.99. The Bertz CT molecular complexity index is 982. The molecule has 3 aromatic carbocycles. The fourth-order valence-corrected chi connectivity index (χ4v) is 3.62. The SMILES string of the molecule is COc1ccc(Nc2ccc(NS(=O)(=O)c3cccc(C)c3)cc2)cc1. The summed E-state index contributed by atoms with van der Waals surface area (Å²) in [4.78, 5) is 0.248. The van der Waals surface area contributed by atoms with Crippen LogP contribution >= 0.6 is 0 Å². The van der Waals surface area contributed by atoms with Crippen LogP contribution in [-0.2, 0) is 10.0 Å². The van der Waals surface area contributed by atoms with Crippen molar-refractivity contribution in [2.75, 3.05) is 17.1 Å².